The molecule has 0 aromatic heterocycles. The highest BCUT2D eigenvalue weighted by Crippen LogP contribution is 2.29. The Morgan fingerprint density at radius 2 is 2.14 bits per heavy atom. The first-order valence-corrected chi connectivity index (χ1v) is 9.06. The molecular weight excluding hydrogens is 288 g/mol. The van der Waals surface area contributed by atoms with Gasteiger partial charge in [0, 0.05) is 24.8 Å². The normalized spacial score (nSPS) is 23.4. The van der Waals surface area contributed by atoms with Gasteiger partial charge in [-0.15, -0.1) is 0 Å². The Kier molecular flexibility index (Phi) is 4.19. The number of anilines is 1. The Balaban J connectivity index is 1.94. The zero-order valence-electron chi connectivity index (χ0n) is 12.1. The van der Waals surface area contributed by atoms with E-state index in [1.165, 1.54) is 9.87 Å². The van der Waals surface area contributed by atoms with Gasteiger partial charge in [-0.1, -0.05) is 18.9 Å². The molecule has 116 valence electrons. The van der Waals surface area contributed by atoms with E-state index in [1.54, 1.807) is 12.1 Å². The maximum atomic E-state index is 12.9. The van der Waals surface area contributed by atoms with Crippen LogP contribution in [0.3, 0.4) is 0 Å². The third kappa shape index (κ3) is 2.80. The minimum atomic E-state index is -3.53. The van der Waals surface area contributed by atoms with Crippen molar-refractivity contribution in [1.82, 2.24) is 4.31 Å². The Morgan fingerprint density at radius 1 is 1.29 bits per heavy atom. The van der Waals surface area contributed by atoms with Crippen LogP contribution in [0.2, 0.25) is 0 Å². The van der Waals surface area contributed by atoms with E-state index in [0.29, 0.717) is 11.4 Å². The Morgan fingerprint density at radius 3 is 2.95 bits per heavy atom. The van der Waals surface area contributed by atoms with Crippen molar-refractivity contribution < 1.29 is 13.5 Å². The molecule has 0 bridgehead atoms. The smallest absolute Gasteiger partial charge is 0.243 e. The molecule has 0 aliphatic carbocycles. The van der Waals surface area contributed by atoms with Crippen LogP contribution >= 0.6 is 0 Å². The Labute approximate surface area is 126 Å². The first kappa shape index (κ1) is 14.8. The largest absolute Gasteiger partial charge is 0.395 e. The topological polar surface area (TPSA) is 69.6 Å². The summed E-state index contributed by atoms with van der Waals surface area (Å²) in [5.74, 6) is 0. The van der Waals surface area contributed by atoms with Gasteiger partial charge >= 0.3 is 0 Å². The fourth-order valence-corrected chi connectivity index (χ4v) is 4.93. The molecule has 0 spiro atoms. The quantitative estimate of drug-likeness (QED) is 0.889. The minimum absolute atomic E-state index is 0.109. The monoisotopic (exact) mass is 310 g/mol. The Bertz CT molecular complexity index is 615. The van der Waals surface area contributed by atoms with Gasteiger partial charge in [0.25, 0.3) is 0 Å². The standard InChI is InChI=1S/C15H22N2O3S/c18-11-13-4-2-1-3-9-17(13)21(19,20)14-6-5-12-7-8-16-15(12)10-14/h5-6,10,13,16,18H,1-4,7-9,11H2. The molecule has 2 aliphatic heterocycles. The molecule has 2 aliphatic rings. The number of hydrogen-bond donors (Lipinski definition) is 2. The van der Waals surface area contributed by atoms with Crippen LogP contribution in [0, 0.1) is 0 Å². The van der Waals surface area contributed by atoms with Crippen LogP contribution in [0.1, 0.15) is 31.2 Å². The molecule has 1 saturated heterocycles. The molecule has 1 aromatic rings. The highest BCUT2D eigenvalue weighted by molar-refractivity contribution is 7.89. The number of rotatable bonds is 3. The molecule has 5 nitrogen and oxygen atoms in total. The third-order valence-corrected chi connectivity index (χ3v) is 6.38. The molecule has 6 heteroatoms. The molecule has 1 aromatic carbocycles. The zero-order valence-corrected chi connectivity index (χ0v) is 12.9. The van der Waals surface area contributed by atoms with Crippen molar-refractivity contribution >= 4 is 15.7 Å². The van der Waals surface area contributed by atoms with E-state index in [4.69, 9.17) is 0 Å². The average Bonchev–Trinajstić information content (AvgIpc) is 2.81. The van der Waals surface area contributed by atoms with Crippen molar-refractivity contribution in [3.05, 3.63) is 23.8 Å². The number of nitrogens with one attached hydrogen (secondary N) is 1. The number of sulfonamides is 1. The highest BCUT2D eigenvalue weighted by Gasteiger charge is 2.32. The Hall–Kier alpha value is -1.11. The minimum Gasteiger partial charge on any atom is -0.395 e. The fraction of sp³-hybridized carbons (Fsp3) is 0.600. The molecule has 21 heavy (non-hydrogen) atoms. The van der Waals surface area contributed by atoms with Crippen molar-refractivity contribution in [2.45, 2.75) is 43.0 Å². The van der Waals surface area contributed by atoms with Crippen molar-refractivity contribution in [3.8, 4) is 0 Å². The number of fused-ring (bicyclic) bond motifs is 1. The summed E-state index contributed by atoms with van der Waals surface area (Å²) in [5.41, 5.74) is 2.09. The van der Waals surface area contributed by atoms with E-state index in [9.17, 15) is 13.5 Å². The van der Waals surface area contributed by atoms with E-state index in [-0.39, 0.29) is 12.6 Å². The van der Waals surface area contributed by atoms with Gasteiger partial charge in [-0.2, -0.15) is 4.31 Å². The van der Waals surface area contributed by atoms with Crippen molar-refractivity contribution in [2.24, 2.45) is 0 Å². The lowest BCUT2D eigenvalue weighted by Crippen LogP contribution is -2.42. The molecule has 0 amide bonds. The van der Waals surface area contributed by atoms with Crippen LogP contribution in [0.5, 0.6) is 0 Å². The van der Waals surface area contributed by atoms with Crippen LogP contribution in [0.25, 0.3) is 0 Å². The van der Waals surface area contributed by atoms with E-state index in [1.807, 2.05) is 6.07 Å². The number of benzene rings is 1. The predicted octanol–water partition coefficient (Wildman–Crippen LogP) is 1.58. The summed E-state index contributed by atoms with van der Waals surface area (Å²) in [7, 11) is -3.53. The summed E-state index contributed by atoms with van der Waals surface area (Å²) in [5, 5.41) is 12.8. The molecule has 0 radical (unpaired) electrons. The summed E-state index contributed by atoms with van der Waals surface area (Å²) in [4.78, 5) is 0.330. The van der Waals surface area contributed by atoms with Crippen LogP contribution < -0.4 is 5.32 Å². The molecule has 1 atom stereocenters. The van der Waals surface area contributed by atoms with Gasteiger partial charge in [0.15, 0.2) is 0 Å². The summed E-state index contributed by atoms with van der Waals surface area (Å²) in [6.07, 6.45) is 4.54. The second kappa shape index (κ2) is 5.94. The second-order valence-corrected chi connectivity index (χ2v) is 7.69. The lowest BCUT2D eigenvalue weighted by Gasteiger charge is -2.27. The number of hydrogen-bond acceptors (Lipinski definition) is 4. The lowest BCUT2D eigenvalue weighted by molar-refractivity contribution is 0.186. The van der Waals surface area contributed by atoms with E-state index in [0.717, 1.165) is 44.3 Å². The van der Waals surface area contributed by atoms with Crippen molar-refractivity contribution in [3.63, 3.8) is 0 Å². The zero-order chi connectivity index (χ0) is 14.9. The summed E-state index contributed by atoms with van der Waals surface area (Å²) in [6.45, 7) is 1.25. The SMILES string of the molecule is O=S(=O)(c1ccc2c(c1)NCC2)N1CCCCCC1CO. The maximum Gasteiger partial charge on any atom is 0.243 e. The second-order valence-electron chi connectivity index (χ2n) is 5.80. The van der Waals surface area contributed by atoms with E-state index < -0.39 is 10.0 Å². The first-order chi connectivity index (χ1) is 10.1. The number of aliphatic hydroxyl groups is 1. The van der Waals surface area contributed by atoms with Crippen LogP contribution in [0.4, 0.5) is 5.69 Å². The van der Waals surface area contributed by atoms with Gasteiger partial charge in [0.2, 0.25) is 10.0 Å². The van der Waals surface area contributed by atoms with Crippen LogP contribution in [-0.2, 0) is 16.4 Å². The van der Waals surface area contributed by atoms with Gasteiger partial charge < -0.3 is 10.4 Å². The van der Waals surface area contributed by atoms with E-state index >= 15 is 0 Å². The van der Waals surface area contributed by atoms with Gasteiger partial charge in [-0.3, -0.25) is 0 Å². The molecular formula is C15H22N2O3S. The highest BCUT2D eigenvalue weighted by atomic mass is 32.2. The molecule has 0 saturated carbocycles. The van der Waals surface area contributed by atoms with Crippen molar-refractivity contribution in [1.29, 1.82) is 0 Å². The molecule has 3 rings (SSSR count). The lowest BCUT2D eigenvalue weighted by atomic mass is 10.1. The van der Waals surface area contributed by atoms with Crippen LogP contribution in [-0.4, -0.2) is 43.6 Å². The summed E-state index contributed by atoms with van der Waals surface area (Å²) in [6, 6.07) is 5.03. The molecule has 1 fully saturated rings. The van der Waals surface area contributed by atoms with Gasteiger partial charge in [-0.25, -0.2) is 8.42 Å². The average molecular weight is 310 g/mol. The number of aliphatic hydroxyl groups excluding tert-OH is 1. The van der Waals surface area contributed by atoms with E-state index in [2.05, 4.69) is 5.32 Å². The van der Waals surface area contributed by atoms with Gasteiger partial charge in [0.1, 0.15) is 0 Å². The predicted molar refractivity (Wildman–Crippen MR) is 81.9 cm³/mol. The number of nitrogens with zero attached hydrogens (tertiary/aromatic N) is 1. The summed E-state index contributed by atoms with van der Waals surface area (Å²) < 4.78 is 27.3. The molecule has 2 heterocycles. The first-order valence-electron chi connectivity index (χ1n) is 7.62. The molecule has 2 N–H and O–H groups in total. The maximum absolute atomic E-state index is 12.9. The third-order valence-electron chi connectivity index (χ3n) is 4.43. The van der Waals surface area contributed by atoms with Gasteiger partial charge in [0.05, 0.1) is 11.5 Å². The summed E-state index contributed by atoms with van der Waals surface area (Å²) >= 11 is 0. The fourth-order valence-electron chi connectivity index (χ4n) is 3.22. The van der Waals surface area contributed by atoms with Crippen molar-refractivity contribution in [2.75, 3.05) is 25.0 Å². The molecule has 1 unspecified atom stereocenters. The van der Waals surface area contributed by atoms with Crippen LogP contribution in [0.15, 0.2) is 23.1 Å². The van der Waals surface area contributed by atoms with Gasteiger partial charge in [-0.05, 0) is 37.0 Å².